The van der Waals surface area contributed by atoms with Gasteiger partial charge in [-0.25, -0.2) is 18.3 Å². The van der Waals surface area contributed by atoms with Crippen molar-refractivity contribution in [1.29, 1.82) is 0 Å². The number of rotatable bonds is 3. The Labute approximate surface area is 107 Å². The van der Waals surface area contributed by atoms with Gasteiger partial charge in [0, 0.05) is 17.7 Å². The summed E-state index contributed by atoms with van der Waals surface area (Å²) in [7, 11) is 0. The average Bonchev–Trinajstić information content (AvgIpc) is 2.73. The van der Waals surface area contributed by atoms with Gasteiger partial charge >= 0.3 is 5.97 Å². The van der Waals surface area contributed by atoms with Crippen LogP contribution in [0.3, 0.4) is 0 Å². The van der Waals surface area contributed by atoms with Crippen LogP contribution in [0.4, 0.5) is 8.78 Å². The first kappa shape index (κ1) is 13.1. The molecule has 0 atom stereocenters. The van der Waals surface area contributed by atoms with E-state index in [4.69, 9.17) is 5.11 Å². The fraction of sp³-hybridized carbons (Fsp3) is 0.250. The Kier molecular flexibility index (Phi) is 3.28. The second-order valence-electron chi connectivity index (χ2n) is 4.25. The molecule has 0 unspecified atom stereocenters. The van der Waals surface area contributed by atoms with E-state index in [0.717, 1.165) is 6.07 Å². The van der Waals surface area contributed by atoms with Crippen molar-refractivity contribution < 1.29 is 18.7 Å². The molecule has 2 rings (SSSR count). The number of hydrogen-bond donors (Lipinski definition) is 1. The number of halogens is 2. The molecule has 0 bridgehead atoms. The van der Waals surface area contributed by atoms with Crippen molar-refractivity contribution in [2.24, 2.45) is 0 Å². The Morgan fingerprint density at radius 1 is 1.37 bits per heavy atom. The van der Waals surface area contributed by atoms with Crippen molar-refractivity contribution in [3.63, 3.8) is 0 Å². The molecule has 0 saturated heterocycles. The molecular formula is C12H11F2N3O2. The fourth-order valence-electron chi connectivity index (χ4n) is 1.73. The molecule has 0 amide bonds. The third-order valence-corrected chi connectivity index (χ3v) is 2.57. The number of hydrogen-bond acceptors (Lipinski definition) is 3. The summed E-state index contributed by atoms with van der Waals surface area (Å²) >= 11 is 0. The van der Waals surface area contributed by atoms with Gasteiger partial charge in [-0.1, -0.05) is 5.21 Å². The minimum atomic E-state index is -1.31. The van der Waals surface area contributed by atoms with E-state index in [9.17, 15) is 13.6 Å². The highest BCUT2D eigenvalue weighted by molar-refractivity contribution is 5.92. The van der Waals surface area contributed by atoms with E-state index in [0.29, 0.717) is 6.07 Å². The molecule has 1 N–H and O–H groups in total. The van der Waals surface area contributed by atoms with Gasteiger partial charge in [0.25, 0.3) is 0 Å². The van der Waals surface area contributed by atoms with Crippen LogP contribution in [0, 0.1) is 11.6 Å². The quantitative estimate of drug-likeness (QED) is 0.927. The van der Waals surface area contributed by atoms with E-state index < -0.39 is 17.6 Å². The van der Waals surface area contributed by atoms with Gasteiger partial charge in [0.2, 0.25) is 0 Å². The lowest BCUT2D eigenvalue weighted by Crippen LogP contribution is -2.08. The predicted molar refractivity (Wildman–Crippen MR) is 62.7 cm³/mol. The van der Waals surface area contributed by atoms with Gasteiger partial charge in [0.05, 0.1) is 0 Å². The molecule has 0 aliphatic carbocycles. The van der Waals surface area contributed by atoms with Gasteiger partial charge in [0.15, 0.2) is 5.69 Å². The number of aromatic carboxylic acids is 1. The molecule has 1 aromatic heterocycles. The van der Waals surface area contributed by atoms with Crippen LogP contribution in [0.25, 0.3) is 11.3 Å². The van der Waals surface area contributed by atoms with Crippen LogP contribution in [0.2, 0.25) is 0 Å². The Balaban J connectivity index is 2.71. The molecule has 2 aromatic rings. The van der Waals surface area contributed by atoms with Crippen LogP contribution in [0.1, 0.15) is 30.4 Å². The molecule has 1 aromatic carbocycles. The van der Waals surface area contributed by atoms with Crippen molar-refractivity contribution in [3.8, 4) is 11.3 Å². The van der Waals surface area contributed by atoms with Gasteiger partial charge in [-0.05, 0) is 26.0 Å². The van der Waals surface area contributed by atoms with Crippen LogP contribution in [0.15, 0.2) is 18.2 Å². The summed E-state index contributed by atoms with van der Waals surface area (Å²) in [6.07, 6.45) is 0. The molecule has 0 saturated carbocycles. The fourth-order valence-corrected chi connectivity index (χ4v) is 1.73. The summed E-state index contributed by atoms with van der Waals surface area (Å²) in [4.78, 5) is 11.1. The molecule has 7 heteroatoms. The Morgan fingerprint density at radius 2 is 2.05 bits per heavy atom. The van der Waals surface area contributed by atoms with Gasteiger partial charge in [0.1, 0.15) is 17.3 Å². The van der Waals surface area contributed by atoms with E-state index in [1.54, 1.807) is 13.8 Å². The largest absolute Gasteiger partial charge is 0.476 e. The van der Waals surface area contributed by atoms with E-state index in [-0.39, 0.29) is 23.0 Å². The third-order valence-electron chi connectivity index (χ3n) is 2.57. The summed E-state index contributed by atoms with van der Waals surface area (Å²) in [5, 5.41) is 16.3. The predicted octanol–water partition coefficient (Wildman–Crippen LogP) is 2.50. The first-order valence-electron chi connectivity index (χ1n) is 5.55. The first-order valence-corrected chi connectivity index (χ1v) is 5.55. The molecule has 0 radical (unpaired) electrons. The number of aromatic nitrogens is 3. The lowest BCUT2D eigenvalue weighted by atomic mass is 10.1. The number of carboxylic acid groups (broad SMARTS) is 1. The average molecular weight is 267 g/mol. The topological polar surface area (TPSA) is 68.0 Å². The molecule has 0 aliphatic rings. The standard InChI is InChI=1S/C12H11F2N3O2/c1-6(2)17-11(10(12(18)19)15-16-17)8-4-3-7(13)5-9(8)14/h3-6H,1-2H3,(H,18,19). The second kappa shape index (κ2) is 4.75. The maximum Gasteiger partial charge on any atom is 0.358 e. The number of carboxylic acids is 1. The normalized spacial score (nSPS) is 11.0. The van der Waals surface area contributed by atoms with Crippen molar-refractivity contribution in [3.05, 3.63) is 35.5 Å². The van der Waals surface area contributed by atoms with Crippen LogP contribution in [-0.2, 0) is 0 Å². The maximum absolute atomic E-state index is 13.8. The third kappa shape index (κ3) is 2.31. The summed E-state index contributed by atoms with van der Waals surface area (Å²) in [6, 6.07) is 2.72. The highest BCUT2D eigenvalue weighted by atomic mass is 19.1. The van der Waals surface area contributed by atoms with Gasteiger partial charge in [-0.3, -0.25) is 0 Å². The van der Waals surface area contributed by atoms with E-state index >= 15 is 0 Å². The van der Waals surface area contributed by atoms with Crippen molar-refractivity contribution in [2.45, 2.75) is 19.9 Å². The monoisotopic (exact) mass is 267 g/mol. The minimum absolute atomic E-state index is 0.0278. The number of carbonyl (C=O) groups is 1. The Morgan fingerprint density at radius 3 is 2.58 bits per heavy atom. The van der Waals surface area contributed by atoms with Crippen molar-refractivity contribution in [2.75, 3.05) is 0 Å². The summed E-state index contributed by atoms with van der Waals surface area (Å²) in [6.45, 7) is 3.51. The molecule has 1 heterocycles. The maximum atomic E-state index is 13.8. The van der Waals surface area contributed by atoms with Gasteiger partial charge in [-0.2, -0.15) is 0 Å². The molecule has 0 aliphatic heterocycles. The van der Waals surface area contributed by atoms with E-state index in [2.05, 4.69) is 10.3 Å². The van der Waals surface area contributed by atoms with Crippen molar-refractivity contribution >= 4 is 5.97 Å². The minimum Gasteiger partial charge on any atom is -0.476 e. The van der Waals surface area contributed by atoms with Crippen LogP contribution < -0.4 is 0 Å². The molecule has 0 spiro atoms. The zero-order chi connectivity index (χ0) is 14.2. The van der Waals surface area contributed by atoms with E-state index in [1.807, 2.05) is 0 Å². The molecule has 19 heavy (non-hydrogen) atoms. The molecular weight excluding hydrogens is 256 g/mol. The lowest BCUT2D eigenvalue weighted by Gasteiger charge is -2.11. The smallest absolute Gasteiger partial charge is 0.358 e. The van der Waals surface area contributed by atoms with Crippen LogP contribution >= 0.6 is 0 Å². The number of benzene rings is 1. The zero-order valence-corrected chi connectivity index (χ0v) is 10.3. The first-order chi connectivity index (χ1) is 8.91. The second-order valence-corrected chi connectivity index (χ2v) is 4.25. The van der Waals surface area contributed by atoms with Crippen molar-refractivity contribution in [1.82, 2.24) is 15.0 Å². The lowest BCUT2D eigenvalue weighted by molar-refractivity contribution is 0.0691. The summed E-state index contributed by atoms with van der Waals surface area (Å²) in [5.74, 6) is -2.90. The Bertz CT molecular complexity index is 638. The zero-order valence-electron chi connectivity index (χ0n) is 10.3. The summed E-state index contributed by atoms with van der Waals surface area (Å²) < 4.78 is 28.0. The highest BCUT2D eigenvalue weighted by Crippen LogP contribution is 2.27. The highest BCUT2D eigenvalue weighted by Gasteiger charge is 2.24. The SMILES string of the molecule is CC(C)n1nnc(C(=O)O)c1-c1ccc(F)cc1F. The number of nitrogens with zero attached hydrogens (tertiary/aromatic N) is 3. The summed E-state index contributed by atoms with van der Waals surface area (Å²) in [5.41, 5.74) is -0.378. The Hall–Kier alpha value is -2.31. The molecule has 5 nitrogen and oxygen atoms in total. The molecule has 100 valence electrons. The molecule has 0 fully saturated rings. The van der Waals surface area contributed by atoms with E-state index in [1.165, 1.54) is 10.7 Å². The van der Waals surface area contributed by atoms with Crippen LogP contribution in [0.5, 0.6) is 0 Å². The van der Waals surface area contributed by atoms with Gasteiger partial charge < -0.3 is 5.11 Å². The van der Waals surface area contributed by atoms with Gasteiger partial charge in [-0.15, -0.1) is 5.10 Å². The van der Waals surface area contributed by atoms with Crippen LogP contribution in [-0.4, -0.2) is 26.1 Å².